The van der Waals surface area contributed by atoms with E-state index in [2.05, 4.69) is 53.3 Å². The van der Waals surface area contributed by atoms with E-state index in [1.54, 1.807) is 4.68 Å². The number of para-hydroxylation sites is 1. The Labute approximate surface area is 179 Å². The van der Waals surface area contributed by atoms with Gasteiger partial charge in [-0.3, -0.25) is 14.4 Å². The first-order valence-electron chi connectivity index (χ1n) is 11.3. The number of benzene rings is 1. The molecule has 1 amide bonds. The summed E-state index contributed by atoms with van der Waals surface area (Å²) >= 11 is 0. The van der Waals surface area contributed by atoms with E-state index in [1.165, 1.54) is 37.7 Å². The first-order chi connectivity index (χ1) is 14.5. The van der Waals surface area contributed by atoms with Crippen LogP contribution < -0.4 is 4.90 Å². The number of carbonyl (C=O) groups is 1. The van der Waals surface area contributed by atoms with Gasteiger partial charge in [-0.15, -0.1) is 0 Å². The summed E-state index contributed by atoms with van der Waals surface area (Å²) in [7, 11) is 6.22. The molecule has 30 heavy (non-hydrogen) atoms. The molecule has 6 heteroatoms. The minimum Gasteiger partial charge on any atom is -0.306 e. The van der Waals surface area contributed by atoms with Crippen LogP contribution in [0, 0.1) is 0 Å². The topological polar surface area (TPSA) is 44.6 Å². The fraction of sp³-hybridized carbons (Fsp3) is 0.583. The first kappa shape index (κ1) is 19.8. The highest BCUT2D eigenvalue weighted by molar-refractivity contribution is 6.07. The summed E-state index contributed by atoms with van der Waals surface area (Å²) in [6.45, 7) is 3.71. The van der Waals surface area contributed by atoms with Crippen LogP contribution in [-0.4, -0.2) is 65.3 Å². The predicted octanol–water partition coefficient (Wildman–Crippen LogP) is 3.03. The molecule has 0 radical (unpaired) electrons. The van der Waals surface area contributed by atoms with Gasteiger partial charge >= 0.3 is 0 Å². The van der Waals surface area contributed by atoms with Crippen molar-refractivity contribution in [1.29, 1.82) is 0 Å². The molecular weight excluding hydrogens is 374 g/mol. The van der Waals surface area contributed by atoms with Crippen LogP contribution >= 0.6 is 0 Å². The molecule has 3 aliphatic rings. The summed E-state index contributed by atoms with van der Waals surface area (Å²) in [6, 6.07) is 9.11. The van der Waals surface area contributed by atoms with Crippen molar-refractivity contribution < 1.29 is 4.79 Å². The van der Waals surface area contributed by atoms with Crippen molar-refractivity contribution in [3.05, 3.63) is 47.3 Å². The van der Waals surface area contributed by atoms with Gasteiger partial charge in [0.25, 0.3) is 5.91 Å². The molecule has 0 N–H and O–H groups in total. The summed E-state index contributed by atoms with van der Waals surface area (Å²) in [5.74, 6) is 0.0604. The lowest BCUT2D eigenvalue weighted by Crippen LogP contribution is -2.36. The molecule has 1 aromatic carbocycles. The number of fused-ring (bicyclic) bond motifs is 2. The van der Waals surface area contributed by atoms with Gasteiger partial charge in [0.2, 0.25) is 0 Å². The summed E-state index contributed by atoms with van der Waals surface area (Å²) in [5, 5.41) is 4.63. The second kappa shape index (κ2) is 7.50. The molecule has 2 aliphatic heterocycles. The highest BCUT2D eigenvalue weighted by atomic mass is 16.2. The summed E-state index contributed by atoms with van der Waals surface area (Å²) < 4.78 is 1.80. The molecule has 160 valence electrons. The molecule has 1 spiro atoms. The molecular formula is C24H33N5O. The molecule has 0 bridgehead atoms. The van der Waals surface area contributed by atoms with Gasteiger partial charge in [-0.2, -0.15) is 5.10 Å². The second-order valence-corrected chi connectivity index (χ2v) is 9.71. The molecule has 1 aliphatic carbocycles. The quantitative estimate of drug-likeness (QED) is 0.782. The standard InChI is InChI=1S/C24H33N5O/c1-26(2)19-10-13-28(16-19)15-18-14-27(3)25-22(18)23(30)29-17-24(11-6-7-12-24)20-8-4-5-9-21(20)29/h4-5,8-9,14,19H,6-7,10-13,15-17H2,1-3H3. The van der Waals surface area contributed by atoms with Gasteiger partial charge in [0, 0.05) is 62.1 Å². The normalized spacial score (nSPS) is 23.1. The van der Waals surface area contributed by atoms with Crippen LogP contribution in [0.2, 0.25) is 0 Å². The van der Waals surface area contributed by atoms with Gasteiger partial charge in [0.15, 0.2) is 5.69 Å². The zero-order chi connectivity index (χ0) is 20.9. The Kier molecular flexibility index (Phi) is 4.94. The Morgan fingerprint density at radius 1 is 1.23 bits per heavy atom. The van der Waals surface area contributed by atoms with Gasteiger partial charge < -0.3 is 9.80 Å². The van der Waals surface area contributed by atoms with Gasteiger partial charge in [-0.05, 0) is 45.0 Å². The maximum absolute atomic E-state index is 13.8. The Balaban J connectivity index is 1.41. The van der Waals surface area contributed by atoms with E-state index in [0.29, 0.717) is 11.7 Å². The van der Waals surface area contributed by atoms with Crippen molar-refractivity contribution in [2.45, 2.75) is 50.1 Å². The van der Waals surface area contributed by atoms with Crippen LogP contribution in [0.25, 0.3) is 0 Å². The van der Waals surface area contributed by atoms with E-state index >= 15 is 0 Å². The van der Waals surface area contributed by atoms with Crippen molar-refractivity contribution in [1.82, 2.24) is 19.6 Å². The zero-order valence-corrected chi connectivity index (χ0v) is 18.5. The highest BCUT2D eigenvalue weighted by Gasteiger charge is 2.46. The Bertz CT molecular complexity index is 943. The summed E-state index contributed by atoms with van der Waals surface area (Å²) in [5.41, 5.74) is 4.27. The van der Waals surface area contributed by atoms with E-state index in [9.17, 15) is 4.79 Å². The van der Waals surface area contributed by atoms with Gasteiger partial charge in [-0.25, -0.2) is 0 Å². The number of hydrogen-bond donors (Lipinski definition) is 0. The Morgan fingerprint density at radius 2 is 2.00 bits per heavy atom. The van der Waals surface area contributed by atoms with Crippen LogP contribution in [-0.2, 0) is 19.0 Å². The molecule has 3 heterocycles. The fourth-order valence-corrected chi connectivity index (χ4v) is 5.87. The van der Waals surface area contributed by atoms with Crippen molar-refractivity contribution >= 4 is 11.6 Å². The van der Waals surface area contributed by atoms with Crippen LogP contribution in [0.15, 0.2) is 30.5 Å². The Morgan fingerprint density at radius 3 is 2.73 bits per heavy atom. The third kappa shape index (κ3) is 3.26. The van der Waals surface area contributed by atoms with E-state index in [1.807, 2.05) is 18.1 Å². The maximum atomic E-state index is 13.8. The maximum Gasteiger partial charge on any atom is 0.279 e. The van der Waals surface area contributed by atoms with Crippen molar-refractivity contribution in [3.8, 4) is 0 Å². The lowest BCUT2D eigenvalue weighted by atomic mass is 9.81. The third-order valence-electron chi connectivity index (χ3n) is 7.51. The molecule has 1 saturated carbocycles. The largest absolute Gasteiger partial charge is 0.306 e. The minimum atomic E-state index is 0.0604. The highest BCUT2D eigenvalue weighted by Crippen LogP contribution is 2.50. The number of carbonyl (C=O) groups excluding carboxylic acids is 1. The molecule has 1 atom stereocenters. The van der Waals surface area contributed by atoms with Crippen molar-refractivity contribution in [2.75, 3.05) is 38.6 Å². The molecule has 2 fully saturated rings. The van der Waals surface area contributed by atoms with E-state index in [4.69, 9.17) is 0 Å². The van der Waals surface area contributed by atoms with Crippen LogP contribution in [0.4, 0.5) is 5.69 Å². The van der Waals surface area contributed by atoms with Crippen LogP contribution in [0.3, 0.4) is 0 Å². The van der Waals surface area contributed by atoms with Crippen molar-refractivity contribution in [2.24, 2.45) is 7.05 Å². The van der Waals surface area contributed by atoms with Gasteiger partial charge in [0.1, 0.15) is 0 Å². The van der Waals surface area contributed by atoms with Gasteiger partial charge in [0.05, 0.1) is 0 Å². The molecule has 1 saturated heterocycles. The minimum absolute atomic E-state index is 0.0604. The second-order valence-electron chi connectivity index (χ2n) is 9.71. The molecule has 1 unspecified atom stereocenters. The first-order valence-corrected chi connectivity index (χ1v) is 11.3. The number of likely N-dealkylation sites (tertiary alicyclic amines) is 1. The molecule has 1 aromatic heterocycles. The SMILES string of the molecule is CN(C)C1CCN(Cc2cn(C)nc2C(=O)N2CC3(CCCC3)c3ccccc32)C1. The third-order valence-corrected chi connectivity index (χ3v) is 7.51. The Hall–Kier alpha value is -2.18. The smallest absolute Gasteiger partial charge is 0.279 e. The monoisotopic (exact) mass is 407 g/mol. The van der Waals surface area contributed by atoms with E-state index in [-0.39, 0.29) is 11.3 Å². The predicted molar refractivity (Wildman–Crippen MR) is 119 cm³/mol. The number of rotatable bonds is 4. The average Bonchev–Trinajstić information content (AvgIpc) is 3.50. The number of nitrogens with zero attached hydrogens (tertiary/aromatic N) is 5. The molecule has 6 nitrogen and oxygen atoms in total. The van der Waals surface area contributed by atoms with E-state index in [0.717, 1.165) is 37.4 Å². The van der Waals surface area contributed by atoms with Crippen LogP contribution in [0.5, 0.6) is 0 Å². The van der Waals surface area contributed by atoms with E-state index < -0.39 is 0 Å². The molecule has 5 rings (SSSR count). The lowest BCUT2D eigenvalue weighted by molar-refractivity contribution is 0.0977. The average molecular weight is 408 g/mol. The lowest BCUT2D eigenvalue weighted by Gasteiger charge is -2.24. The number of aryl methyl sites for hydroxylation is 1. The number of likely N-dealkylation sites (N-methyl/N-ethyl adjacent to an activating group) is 1. The van der Waals surface area contributed by atoms with Crippen molar-refractivity contribution in [3.63, 3.8) is 0 Å². The summed E-state index contributed by atoms with van der Waals surface area (Å²) in [6.07, 6.45) is 8.09. The number of hydrogen-bond acceptors (Lipinski definition) is 4. The number of amides is 1. The number of aromatic nitrogens is 2. The molecule has 2 aromatic rings. The van der Waals surface area contributed by atoms with Crippen LogP contribution in [0.1, 0.15) is 53.7 Å². The number of anilines is 1. The zero-order valence-electron chi connectivity index (χ0n) is 18.5. The fourth-order valence-electron chi connectivity index (χ4n) is 5.87. The summed E-state index contributed by atoms with van der Waals surface area (Å²) in [4.78, 5) is 20.5. The van der Waals surface area contributed by atoms with Gasteiger partial charge in [-0.1, -0.05) is 31.0 Å².